The van der Waals surface area contributed by atoms with Crippen molar-refractivity contribution in [2.75, 3.05) is 7.11 Å². The number of methoxy groups -OCH3 is 1. The summed E-state index contributed by atoms with van der Waals surface area (Å²) in [5.41, 5.74) is 0.901. The topological polar surface area (TPSA) is 14.2 Å². The summed E-state index contributed by atoms with van der Waals surface area (Å²) in [5, 5.41) is 0.913. The number of benzene rings is 2. The lowest BCUT2D eigenvalue weighted by Gasteiger charge is -2.10. The molecule has 3 aromatic rings. The fraction of sp³-hybridized carbons (Fsp3) is 0.125. The Hall–Kier alpha value is -1.88. The number of hydrogen-bond donors (Lipinski definition) is 0. The van der Waals surface area contributed by atoms with E-state index in [0.717, 1.165) is 16.7 Å². The second-order valence-electron chi connectivity index (χ2n) is 4.66. The molecule has 1 heterocycles. The lowest BCUT2D eigenvalue weighted by atomic mass is 10.2. The van der Waals surface area contributed by atoms with Crippen molar-refractivity contribution in [1.29, 1.82) is 0 Å². The number of ether oxygens (including phenoxy) is 1. The molecular weight excluding hydrogens is 340 g/mol. The minimum Gasteiger partial charge on any atom is -0.496 e. The molecule has 5 heteroatoms. The minimum atomic E-state index is -0.570. The third-order valence-corrected chi connectivity index (χ3v) is 4.07. The molecule has 0 saturated carbocycles. The van der Waals surface area contributed by atoms with Crippen molar-refractivity contribution in [1.82, 2.24) is 4.57 Å². The highest BCUT2D eigenvalue weighted by Gasteiger charge is 2.14. The Kier molecular flexibility index (Phi) is 3.68. The van der Waals surface area contributed by atoms with Gasteiger partial charge in [0.2, 0.25) is 0 Å². The van der Waals surface area contributed by atoms with Gasteiger partial charge in [0.05, 0.1) is 23.6 Å². The Morgan fingerprint density at radius 3 is 2.71 bits per heavy atom. The zero-order valence-electron chi connectivity index (χ0n) is 11.2. The minimum absolute atomic E-state index is 0.0321. The van der Waals surface area contributed by atoms with E-state index in [-0.39, 0.29) is 16.6 Å². The van der Waals surface area contributed by atoms with Crippen LogP contribution < -0.4 is 4.74 Å². The van der Waals surface area contributed by atoms with Crippen LogP contribution in [0.25, 0.3) is 10.9 Å². The largest absolute Gasteiger partial charge is 0.496 e. The van der Waals surface area contributed by atoms with E-state index in [9.17, 15) is 8.78 Å². The molecule has 0 aliphatic carbocycles. The van der Waals surface area contributed by atoms with Crippen LogP contribution in [0.2, 0.25) is 0 Å². The molecule has 2 nitrogen and oxygen atoms in total. The predicted octanol–water partition coefficient (Wildman–Crippen LogP) is 4.74. The van der Waals surface area contributed by atoms with Crippen LogP contribution in [0.3, 0.4) is 0 Å². The summed E-state index contributed by atoms with van der Waals surface area (Å²) in [6, 6.07) is 10.1. The van der Waals surface area contributed by atoms with E-state index in [2.05, 4.69) is 15.9 Å². The molecule has 0 radical (unpaired) electrons. The van der Waals surface area contributed by atoms with Crippen LogP contribution in [0.15, 0.2) is 47.1 Å². The Labute approximate surface area is 129 Å². The zero-order chi connectivity index (χ0) is 15.0. The van der Waals surface area contributed by atoms with Crippen LogP contribution in [-0.2, 0) is 6.54 Å². The molecule has 0 aliphatic rings. The van der Waals surface area contributed by atoms with Gasteiger partial charge in [-0.25, -0.2) is 8.78 Å². The van der Waals surface area contributed by atoms with Gasteiger partial charge in [-0.05, 0) is 46.3 Å². The fourth-order valence-corrected chi connectivity index (χ4v) is 2.77. The molecule has 0 saturated heterocycles. The Morgan fingerprint density at radius 2 is 1.95 bits per heavy atom. The van der Waals surface area contributed by atoms with Gasteiger partial charge in [0.15, 0.2) is 0 Å². The van der Waals surface area contributed by atoms with Crippen LogP contribution in [0, 0.1) is 11.6 Å². The van der Waals surface area contributed by atoms with Crippen LogP contribution >= 0.6 is 15.9 Å². The third kappa shape index (κ3) is 2.42. The van der Waals surface area contributed by atoms with E-state index in [0.29, 0.717) is 0 Å². The number of fused-ring (bicyclic) bond motifs is 1. The first-order valence-corrected chi connectivity index (χ1v) is 7.15. The van der Waals surface area contributed by atoms with Gasteiger partial charge in [0.1, 0.15) is 17.4 Å². The molecule has 0 bridgehead atoms. The molecular formula is C16H12BrF2NO. The van der Waals surface area contributed by atoms with Crippen molar-refractivity contribution in [3.63, 3.8) is 0 Å². The van der Waals surface area contributed by atoms with Gasteiger partial charge < -0.3 is 9.30 Å². The van der Waals surface area contributed by atoms with E-state index in [1.165, 1.54) is 12.1 Å². The molecule has 21 heavy (non-hydrogen) atoms. The van der Waals surface area contributed by atoms with E-state index >= 15 is 0 Å². The van der Waals surface area contributed by atoms with Crippen molar-refractivity contribution in [3.05, 3.63) is 64.3 Å². The smallest absolute Gasteiger partial charge is 0.145 e. The van der Waals surface area contributed by atoms with Gasteiger partial charge >= 0.3 is 0 Å². The molecule has 0 unspecified atom stereocenters. The van der Waals surface area contributed by atoms with Crippen LogP contribution in [0.5, 0.6) is 5.75 Å². The van der Waals surface area contributed by atoms with E-state index in [1.54, 1.807) is 17.9 Å². The molecule has 0 atom stereocenters. The summed E-state index contributed by atoms with van der Waals surface area (Å²) in [4.78, 5) is 0. The van der Waals surface area contributed by atoms with Crippen LogP contribution in [0.4, 0.5) is 8.78 Å². The molecule has 0 spiro atoms. The fourth-order valence-electron chi connectivity index (χ4n) is 2.40. The molecule has 2 aromatic carbocycles. The highest BCUT2D eigenvalue weighted by Crippen LogP contribution is 2.28. The SMILES string of the molecule is COc1cccc2c1ccn2Cc1c(F)ccc(Br)c1F. The van der Waals surface area contributed by atoms with Gasteiger partial charge in [-0.2, -0.15) is 0 Å². The Morgan fingerprint density at radius 1 is 1.14 bits per heavy atom. The maximum Gasteiger partial charge on any atom is 0.145 e. The zero-order valence-corrected chi connectivity index (χ0v) is 12.8. The number of rotatable bonds is 3. The lowest BCUT2D eigenvalue weighted by Crippen LogP contribution is -2.04. The van der Waals surface area contributed by atoms with Gasteiger partial charge in [0.25, 0.3) is 0 Å². The first-order chi connectivity index (χ1) is 10.1. The van der Waals surface area contributed by atoms with Crippen molar-refractivity contribution < 1.29 is 13.5 Å². The Bertz CT molecular complexity index is 813. The normalized spacial score (nSPS) is 11.0. The number of nitrogens with zero attached hydrogens (tertiary/aromatic N) is 1. The summed E-state index contributed by atoms with van der Waals surface area (Å²) in [5.74, 6) is -0.387. The number of halogens is 3. The van der Waals surface area contributed by atoms with Crippen LogP contribution in [0.1, 0.15) is 5.56 Å². The molecule has 0 N–H and O–H groups in total. The quantitative estimate of drug-likeness (QED) is 0.621. The van der Waals surface area contributed by atoms with Crippen LogP contribution in [-0.4, -0.2) is 11.7 Å². The van der Waals surface area contributed by atoms with E-state index < -0.39 is 11.6 Å². The van der Waals surface area contributed by atoms with Gasteiger partial charge in [-0.1, -0.05) is 6.07 Å². The second kappa shape index (κ2) is 5.48. The highest BCUT2D eigenvalue weighted by molar-refractivity contribution is 9.10. The summed E-state index contributed by atoms with van der Waals surface area (Å²) in [6.45, 7) is 0.119. The lowest BCUT2D eigenvalue weighted by molar-refractivity contribution is 0.420. The van der Waals surface area contributed by atoms with Crippen molar-refractivity contribution >= 4 is 26.8 Å². The first-order valence-electron chi connectivity index (χ1n) is 6.36. The van der Waals surface area contributed by atoms with E-state index in [4.69, 9.17) is 4.74 Å². The first kappa shape index (κ1) is 14.1. The average molecular weight is 352 g/mol. The second-order valence-corrected chi connectivity index (χ2v) is 5.51. The molecule has 108 valence electrons. The maximum atomic E-state index is 14.1. The van der Waals surface area contributed by atoms with Gasteiger partial charge in [-0.15, -0.1) is 0 Å². The summed E-state index contributed by atoms with van der Waals surface area (Å²) in [7, 11) is 1.60. The molecule has 0 aliphatic heterocycles. The standard InChI is InChI=1S/C16H12BrF2NO/c1-21-15-4-2-3-14-10(15)7-8-20(14)9-11-13(18)6-5-12(17)16(11)19/h2-8H,9H2,1H3. The molecule has 3 rings (SSSR count). The monoisotopic (exact) mass is 351 g/mol. The summed E-state index contributed by atoms with van der Waals surface area (Å²) in [6.07, 6.45) is 1.80. The molecule has 0 amide bonds. The molecule has 0 fully saturated rings. The summed E-state index contributed by atoms with van der Waals surface area (Å²) >= 11 is 3.09. The summed E-state index contributed by atoms with van der Waals surface area (Å²) < 4.78 is 35.3. The predicted molar refractivity (Wildman–Crippen MR) is 81.7 cm³/mol. The van der Waals surface area contributed by atoms with Crippen molar-refractivity contribution in [2.45, 2.75) is 6.54 Å². The maximum absolute atomic E-state index is 14.1. The van der Waals surface area contributed by atoms with E-state index in [1.807, 2.05) is 24.3 Å². The van der Waals surface area contributed by atoms with Crippen molar-refractivity contribution in [2.24, 2.45) is 0 Å². The number of hydrogen-bond acceptors (Lipinski definition) is 1. The average Bonchev–Trinajstić information content (AvgIpc) is 2.90. The van der Waals surface area contributed by atoms with Gasteiger partial charge in [-0.3, -0.25) is 0 Å². The Balaban J connectivity index is 2.09. The third-order valence-electron chi connectivity index (χ3n) is 3.46. The van der Waals surface area contributed by atoms with Crippen molar-refractivity contribution in [3.8, 4) is 5.75 Å². The highest BCUT2D eigenvalue weighted by atomic mass is 79.9. The molecule has 1 aromatic heterocycles. The number of aromatic nitrogens is 1. The van der Waals surface area contributed by atoms with Gasteiger partial charge in [0, 0.05) is 17.1 Å².